The van der Waals surface area contributed by atoms with Gasteiger partial charge in [-0.1, -0.05) is 59.0 Å². The number of hydrogen-bond donors (Lipinski definition) is 0. The van der Waals surface area contributed by atoms with Crippen LogP contribution < -0.4 is 0 Å². The molecule has 0 aliphatic heterocycles. The van der Waals surface area contributed by atoms with Crippen molar-refractivity contribution in [2.45, 2.75) is 65.7 Å². The molecule has 0 amide bonds. The number of unbranched alkanes of at least 4 members (excludes halogenated alkanes) is 2. The average Bonchev–Trinajstić information content (AvgIpc) is 2.34. The Morgan fingerprint density at radius 2 is 1.94 bits per heavy atom. The van der Waals surface area contributed by atoms with Crippen LogP contribution in [0.1, 0.15) is 65.7 Å². The second-order valence-electron chi connectivity index (χ2n) is 4.54. The summed E-state index contributed by atoms with van der Waals surface area (Å²) in [6, 6.07) is 0. The summed E-state index contributed by atoms with van der Waals surface area (Å²) >= 11 is 0. The first-order valence-corrected chi connectivity index (χ1v) is 7.07. The summed E-state index contributed by atoms with van der Waals surface area (Å²) in [5.41, 5.74) is 0. The molecule has 0 aromatic rings. The Bertz CT molecular complexity index is 209. The van der Waals surface area contributed by atoms with Crippen LogP contribution in [0.3, 0.4) is 0 Å². The summed E-state index contributed by atoms with van der Waals surface area (Å²) in [5, 5.41) is 0. The van der Waals surface area contributed by atoms with Crippen molar-refractivity contribution in [2.24, 2.45) is 5.92 Å². The Balaban J connectivity index is 3.61. The van der Waals surface area contributed by atoms with E-state index in [0.717, 1.165) is 12.8 Å². The van der Waals surface area contributed by atoms with Crippen LogP contribution in [-0.2, 0) is 9.53 Å². The lowest BCUT2D eigenvalue weighted by atomic mass is 9.96. The zero-order valence-electron chi connectivity index (χ0n) is 11.7. The van der Waals surface area contributed by atoms with Crippen LogP contribution >= 0.6 is 0 Å². The van der Waals surface area contributed by atoms with E-state index in [0.29, 0.717) is 12.5 Å². The van der Waals surface area contributed by atoms with E-state index in [2.05, 4.69) is 13.8 Å². The smallest absolute Gasteiger partial charge is 0.330 e. The predicted octanol–water partition coefficient (Wildman–Crippen LogP) is 4.49. The number of rotatable bonds is 10. The summed E-state index contributed by atoms with van der Waals surface area (Å²) in [4.78, 5) is 11.2. The minimum Gasteiger partial charge on any atom is -0.463 e. The molecule has 0 rings (SSSR count). The highest BCUT2D eigenvalue weighted by atomic mass is 16.5. The minimum absolute atomic E-state index is 0.199. The highest BCUT2D eigenvalue weighted by Crippen LogP contribution is 2.17. The van der Waals surface area contributed by atoms with Crippen LogP contribution in [0.5, 0.6) is 0 Å². The van der Waals surface area contributed by atoms with Gasteiger partial charge in [-0.3, -0.25) is 0 Å². The van der Waals surface area contributed by atoms with Gasteiger partial charge >= 0.3 is 5.97 Å². The molecule has 17 heavy (non-hydrogen) atoms. The molecule has 0 radical (unpaired) electrons. The van der Waals surface area contributed by atoms with Crippen molar-refractivity contribution in [3.05, 3.63) is 12.2 Å². The van der Waals surface area contributed by atoms with E-state index < -0.39 is 0 Å². The second kappa shape index (κ2) is 11.7. The van der Waals surface area contributed by atoms with Gasteiger partial charge in [-0.2, -0.15) is 0 Å². The van der Waals surface area contributed by atoms with E-state index in [4.69, 9.17) is 4.74 Å². The van der Waals surface area contributed by atoms with E-state index >= 15 is 0 Å². The molecule has 0 saturated heterocycles. The van der Waals surface area contributed by atoms with Crippen LogP contribution in [-0.4, -0.2) is 12.6 Å². The zero-order chi connectivity index (χ0) is 12.9. The average molecular weight is 240 g/mol. The normalized spacial score (nSPS) is 12.9. The monoisotopic (exact) mass is 240 g/mol. The maximum absolute atomic E-state index is 11.2. The third-order valence-electron chi connectivity index (χ3n) is 3.05. The molecule has 0 fully saturated rings. The van der Waals surface area contributed by atoms with Crippen molar-refractivity contribution in [3.8, 4) is 0 Å². The third-order valence-corrected chi connectivity index (χ3v) is 3.05. The molecule has 1 atom stereocenters. The zero-order valence-corrected chi connectivity index (χ0v) is 11.7. The fourth-order valence-corrected chi connectivity index (χ4v) is 1.82. The van der Waals surface area contributed by atoms with E-state index in [-0.39, 0.29) is 5.97 Å². The van der Waals surface area contributed by atoms with Gasteiger partial charge in [0.05, 0.1) is 6.61 Å². The minimum atomic E-state index is -0.199. The summed E-state index contributed by atoms with van der Waals surface area (Å²) in [5.74, 6) is 0.514. The lowest BCUT2D eigenvalue weighted by Gasteiger charge is -2.14. The van der Waals surface area contributed by atoms with Crippen LogP contribution in [0.15, 0.2) is 12.2 Å². The molecule has 100 valence electrons. The van der Waals surface area contributed by atoms with E-state index in [9.17, 15) is 4.79 Å². The molecule has 0 aromatic carbocycles. The summed E-state index contributed by atoms with van der Waals surface area (Å²) in [6.07, 6.45) is 11.6. The number of carbonyl (C=O) groups is 1. The summed E-state index contributed by atoms with van der Waals surface area (Å²) < 4.78 is 5.16. The SMILES string of the molecule is CC/C=C/C(=O)OCCC(CC)CCCCC. The molecule has 0 bridgehead atoms. The molecule has 0 heterocycles. The lowest BCUT2D eigenvalue weighted by molar-refractivity contribution is -0.138. The Kier molecular flexibility index (Phi) is 11.1. The van der Waals surface area contributed by atoms with Gasteiger partial charge in [-0.05, 0) is 18.8 Å². The van der Waals surface area contributed by atoms with Gasteiger partial charge < -0.3 is 4.74 Å². The molecule has 0 saturated carbocycles. The largest absolute Gasteiger partial charge is 0.463 e. The van der Waals surface area contributed by atoms with Gasteiger partial charge in [0.1, 0.15) is 0 Å². The summed E-state index contributed by atoms with van der Waals surface area (Å²) in [7, 11) is 0. The van der Waals surface area contributed by atoms with Gasteiger partial charge in [0.15, 0.2) is 0 Å². The van der Waals surface area contributed by atoms with Gasteiger partial charge in [0.25, 0.3) is 0 Å². The van der Waals surface area contributed by atoms with E-state index in [1.165, 1.54) is 38.2 Å². The molecule has 2 nitrogen and oxygen atoms in total. The number of ether oxygens (including phenoxy) is 1. The molecule has 2 heteroatoms. The van der Waals surface area contributed by atoms with E-state index in [1.54, 1.807) is 0 Å². The van der Waals surface area contributed by atoms with Crippen LogP contribution in [0, 0.1) is 5.92 Å². The quantitative estimate of drug-likeness (QED) is 0.319. The molecule has 0 aliphatic carbocycles. The molecule has 0 spiro atoms. The van der Waals surface area contributed by atoms with Crippen molar-refractivity contribution in [1.29, 1.82) is 0 Å². The second-order valence-corrected chi connectivity index (χ2v) is 4.54. The van der Waals surface area contributed by atoms with E-state index in [1.807, 2.05) is 13.0 Å². The maximum Gasteiger partial charge on any atom is 0.330 e. The van der Waals surface area contributed by atoms with Crippen molar-refractivity contribution in [2.75, 3.05) is 6.61 Å². The molecular weight excluding hydrogens is 212 g/mol. The summed E-state index contributed by atoms with van der Waals surface area (Å²) in [6.45, 7) is 7.01. The predicted molar refractivity (Wildman–Crippen MR) is 72.9 cm³/mol. The van der Waals surface area contributed by atoms with Gasteiger partial charge in [0.2, 0.25) is 0 Å². The first-order chi connectivity index (χ1) is 8.24. The van der Waals surface area contributed by atoms with Gasteiger partial charge in [-0.25, -0.2) is 4.79 Å². The molecule has 1 unspecified atom stereocenters. The molecule has 0 aromatic heterocycles. The van der Waals surface area contributed by atoms with Crippen LogP contribution in [0.25, 0.3) is 0 Å². The maximum atomic E-state index is 11.2. The number of carbonyl (C=O) groups excluding carboxylic acids is 1. The Morgan fingerprint density at radius 3 is 2.53 bits per heavy atom. The highest BCUT2D eigenvalue weighted by Gasteiger charge is 2.07. The Labute approximate surface area is 106 Å². The van der Waals surface area contributed by atoms with Gasteiger partial charge in [-0.15, -0.1) is 0 Å². The highest BCUT2D eigenvalue weighted by molar-refractivity contribution is 5.81. The molecular formula is C15H28O2. The standard InChI is InChI=1S/C15H28O2/c1-4-7-9-10-14(6-3)12-13-17-15(16)11-8-5-2/h8,11,14H,4-7,9-10,12-13H2,1-3H3/b11-8+. The topological polar surface area (TPSA) is 26.3 Å². The first kappa shape index (κ1) is 16.2. The lowest BCUT2D eigenvalue weighted by Crippen LogP contribution is -2.08. The van der Waals surface area contributed by atoms with Crippen LogP contribution in [0.2, 0.25) is 0 Å². The van der Waals surface area contributed by atoms with Gasteiger partial charge in [0, 0.05) is 6.08 Å². The fraction of sp³-hybridized carbons (Fsp3) is 0.800. The number of esters is 1. The van der Waals surface area contributed by atoms with Crippen molar-refractivity contribution < 1.29 is 9.53 Å². The molecule has 0 aliphatic rings. The molecule has 0 N–H and O–H groups in total. The third kappa shape index (κ3) is 10.1. The Morgan fingerprint density at radius 1 is 1.18 bits per heavy atom. The first-order valence-electron chi connectivity index (χ1n) is 7.07. The number of hydrogen-bond acceptors (Lipinski definition) is 2. The Hall–Kier alpha value is -0.790. The van der Waals surface area contributed by atoms with Crippen LogP contribution in [0.4, 0.5) is 0 Å². The van der Waals surface area contributed by atoms with Crippen molar-refractivity contribution >= 4 is 5.97 Å². The van der Waals surface area contributed by atoms with Crippen molar-refractivity contribution in [1.82, 2.24) is 0 Å². The number of allylic oxidation sites excluding steroid dienone is 1. The fourth-order valence-electron chi connectivity index (χ4n) is 1.82. The van der Waals surface area contributed by atoms with Crippen molar-refractivity contribution in [3.63, 3.8) is 0 Å².